The average molecular weight is 230 g/mol. The van der Waals surface area contributed by atoms with Crippen molar-refractivity contribution in [2.24, 2.45) is 0 Å². The van der Waals surface area contributed by atoms with E-state index in [0.29, 0.717) is 0 Å². The highest BCUT2D eigenvalue weighted by Gasteiger charge is 2.08. The fraction of sp³-hybridized carbons (Fsp3) is 0.182. The Bertz CT molecular complexity index is 580. The van der Waals surface area contributed by atoms with Crippen molar-refractivity contribution < 1.29 is 0 Å². The van der Waals surface area contributed by atoms with Gasteiger partial charge in [0.2, 0.25) is 4.96 Å². The molecule has 0 unspecified atom stereocenters. The summed E-state index contributed by atoms with van der Waals surface area (Å²) in [6, 6.07) is 3.91. The van der Waals surface area contributed by atoms with Gasteiger partial charge in [-0.05, 0) is 18.6 Å². The van der Waals surface area contributed by atoms with Gasteiger partial charge in [-0.2, -0.15) is 5.10 Å². The minimum Gasteiger partial charge on any atom is -0.264 e. The van der Waals surface area contributed by atoms with Crippen molar-refractivity contribution in [2.45, 2.75) is 13.3 Å². The molecule has 0 saturated heterocycles. The number of hydrogen-bond donors (Lipinski definition) is 0. The zero-order valence-electron chi connectivity index (χ0n) is 8.79. The maximum Gasteiger partial charge on any atom is 0.212 e. The number of aryl methyl sites for hydroxylation is 1. The molecule has 3 aromatic rings. The van der Waals surface area contributed by atoms with Gasteiger partial charge in [0.25, 0.3) is 0 Å². The fourth-order valence-corrected chi connectivity index (χ4v) is 2.35. The number of rotatable bonds is 2. The van der Waals surface area contributed by atoms with Gasteiger partial charge >= 0.3 is 0 Å². The Morgan fingerprint density at radius 1 is 1.44 bits per heavy atom. The van der Waals surface area contributed by atoms with E-state index in [-0.39, 0.29) is 0 Å². The van der Waals surface area contributed by atoms with E-state index in [1.54, 1.807) is 17.5 Å². The van der Waals surface area contributed by atoms with Crippen LogP contribution in [0.3, 0.4) is 0 Å². The number of aromatic nitrogens is 4. The molecule has 0 amide bonds. The van der Waals surface area contributed by atoms with Crippen LogP contribution in [0.2, 0.25) is 0 Å². The molecule has 0 aromatic carbocycles. The van der Waals surface area contributed by atoms with Crippen molar-refractivity contribution in [3.8, 4) is 11.3 Å². The molecule has 3 heterocycles. The Morgan fingerprint density at radius 3 is 3.06 bits per heavy atom. The van der Waals surface area contributed by atoms with Crippen molar-refractivity contribution in [2.75, 3.05) is 0 Å². The van der Waals surface area contributed by atoms with Gasteiger partial charge in [0.05, 0.1) is 11.9 Å². The largest absolute Gasteiger partial charge is 0.264 e. The van der Waals surface area contributed by atoms with Gasteiger partial charge in [0.1, 0.15) is 5.01 Å². The van der Waals surface area contributed by atoms with Gasteiger partial charge in [-0.25, -0.2) is 9.50 Å². The van der Waals surface area contributed by atoms with Crippen LogP contribution in [-0.4, -0.2) is 19.6 Å². The van der Waals surface area contributed by atoms with Crippen LogP contribution in [0.1, 0.15) is 11.9 Å². The molecular formula is C11H10N4S. The minimum atomic E-state index is 0.925. The zero-order chi connectivity index (χ0) is 11.0. The Hall–Kier alpha value is -1.75. The molecular weight excluding hydrogens is 220 g/mol. The summed E-state index contributed by atoms with van der Waals surface area (Å²) in [7, 11) is 0. The molecule has 0 N–H and O–H groups in total. The van der Waals surface area contributed by atoms with E-state index in [4.69, 9.17) is 0 Å². The second-order valence-corrected chi connectivity index (χ2v) is 4.48. The van der Waals surface area contributed by atoms with Gasteiger partial charge < -0.3 is 0 Å². The first kappa shape index (κ1) is 9.47. The molecule has 3 aromatic heterocycles. The summed E-state index contributed by atoms with van der Waals surface area (Å²) in [5, 5.41) is 5.54. The van der Waals surface area contributed by atoms with E-state index in [0.717, 1.165) is 27.6 Å². The third kappa shape index (κ3) is 1.49. The standard InChI is InChI=1S/C11H10N4S/c1-2-10-14-15-7-9(13-11(15)16-10)8-4-3-5-12-6-8/h3-7H,2H2,1H3. The van der Waals surface area contributed by atoms with Gasteiger partial charge in [-0.3, -0.25) is 4.98 Å². The van der Waals surface area contributed by atoms with Crippen molar-refractivity contribution in [3.05, 3.63) is 35.7 Å². The predicted molar refractivity (Wildman–Crippen MR) is 63.5 cm³/mol. The number of imidazole rings is 1. The van der Waals surface area contributed by atoms with Crippen LogP contribution in [0.15, 0.2) is 30.7 Å². The number of hydrogen-bond acceptors (Lipinski definition) is 4. The lowest BCUT2D eigenvalue weighted by Gasteiger charge is -1.92. The first-order valence-corrected chi connectivity index (χ1v) is 5.94. The van der Waals surface area contributed by atoms with Gasteiger partial charge in [-0.15, -0.1) is 0 Å². The number of fused-ring (bicyclic) bond motifs is 1. The first-order valence-electron chi connectivity index (χ1n) is 5.12. The highest BCUT2D eigenvalue weighted by Crippen LogP contribution is 2.21. The van der Waals surface area contributed by atoms with E-state index >= 15 is 0 Å². The predicted octanol–water partition coefficient (Wildman–Crippen LogP) is 2.42. The van der Waals surface area contributed by atoms with Crippen LogP contribution in [0, 0.1) is 0 Å². The van der Waals surface area contributed by atoms with Gasteiger partial charge in [-0.1, -0.05) is 18.3 Å². The monoisotopic (exact) mass is 230 g/mol. The molecule has 16 heavy (non-hydrogen) atoms. The second-order valence-electron chi connectivity index (χ2n) is 3.44. The topological polar surface area (TPSA) is 43.1 Å². The maximum absolute atomic E-state index is 4.53. The van der Waals surface area contributed by atoms with Crippen LogP contribution in [0.5, 0.6) is 0 Å². The summed E-state index contributed by atoms with van der Waals surface area (Å²) >= 11 is 1.63. The van der Waals surface area contributed by atoms with Crippen molar-refractivity contribution in [3.63, 3.8) is 0 Å². The number of pyridine rings is 1. The lowest BCUT2D eigenvalue weighted by atomic mass is 10.2. The van der Waals surface area contributed by atoms with E-state index in [1.807, 2.05) is 29.0 Å². The third-order valence-corrected chi connectivity index (χ3v) is 3.41. The average Bonchev–Trinajstić information content (AvgIpc) is 2.87. The Morgan fingerprint density at radius 2 is 2.38 bits per heavy atom. The molecule has 80 valence electrons. The molecule has 0 bridgehead atoms. The van der Waals surface area contributed by atoms with Gasteiger partial charge in [0.15, 0.2) is 0 Å². The Balaban J connectivity index is 2.10. The SMILES string of the molecule is CCc1nn2cc(-c3cccnc3)nc2s1. The lowest BCUT2D eigenvalue weighted by Crippen LogP contribution is -1.83. The highest BCUT2D eigenvalue weighted by molar-refractivity contribution is 7.16. The van der Waals surface area contributed by atoms with Crippen molar-refractivity contribution in [1.82, 2.24) is 19.6 Å². The lowest BCUT2D eigenvalue weighted by molar-refractivity contribution is 0.910. The van der Waals surface area contributed by atoms with E-state index in [2.05, 4.69) is 22.0 Å². The summed E-state index contributed by atoms with van der Waals surface area (Å²) in [5.41, 5.74) is 1.95. The molecule has 3 rings (SSSR count). The molecule has 4 nitrogen and oxygen atoms in total. The summed E-state index contributed by atoms with van der Waals surface area (Å²) < 4.78 is 1.84. The van der Waals surface area contributed by atoms with E-state index in [1.165, 1.54) is 0 Å². The van der Waals surface area contributed by atoms with Gasteiger partial charge in [0, 0.05) is 18.0 Å². The van der Waals surface area contributed by atoms with Crippen LogP contribution in [0.25, 0.3) is 16.2 Å². The molecule has 0 fully saturated rings. The van der Waals surface area contributed by atoms with E-state index in [9.17, 15) is 0 Å². The smallest absolute Gasteiger partial charge is 0.212 e. The molecule has 0 radical (unpaired) electrons. The molecule has 0 saturated carbocycles. The molecule has 5 heteroatoms. The second kappa shape index (κ2) is 3.68. The summed E-state index contributed by atoms with van der Waals surface area (Å²) in [6.45, 7) is 2.10. The van der Waals surface area contributed by atoms with Crippen LogP contribution in [-0.2, 0) is 6.42 Å². The maximum atomic E-state index is 4.53. The van der Waals surface area contributed by atoms with E-state index < -0.39 is 0 Å². The van der Waals surface area contributed by atoms with Crippen molar-refractivity contribution in [1.29, 1.82) is 0 Å². The molecule has 0 aliphatic heterocycles. The molecule has 0 aliphatic rings. The van der Waals surface area contributed by atoms with Crippen LogP contribution in [0.4, 0.5) is 0 Å². The molecule has 0 atom stereocenters. The van der Waals surface area contributed by atoms with Crippen LogP contribution < -0.4 is 0 Å². The minimum absolute atomic E-state index is 0.925. The Labute approximate surface area is 96.6 Å². The molecule has 0 aliphatic carbocycles. The number of nitrogens with zero attached hydrogens (tertiary/aromatic N) is 4. The Kier molecular flexibility index (Phi) is 2.18. The van der Waals surface area contributed by atoms with Crippen LogP contribution >= 0.6 is 11.3 Å². The highest BCUT2D eigenvalue weighted by atomic mass is 32.1. The normalized spacial score (nSPS) is 11.1. The zero-order valence-corrected chi connectivity index (χ0v) is 9.61. The summed E-state index contributed by atoms with van der Waals surface area (Å²) in [6.07, 6.45) is 6.47. The first-order chi connectivity index (χ1) is 7.86. The summed E-state index contributed by atoms with van der Waals surface area (Å²) in [4.78, 5) is 9.55. The fourth-order valence-electron chi connectivity index (χ4n) is 1.54. The van der Waals surface area contributed by atoms with Crippen molar-refractivity contribution >= 4 is 16.3 Å². The quantitative estimate of drug-likeness (QED) is 0.679. The third-order valence-electron chi connectivity index (χ3n) is 2.34. The molecule has 0 spiro atoms. The summed E-state index contributed by atoms with van der Waals surface area (Å²) in [5.74, 6) is 0.